The lowest BCUT2D eigenvalue weighted by Crippen LogP contribution is -2.24. The number of fused-ring (bicyclic) bond motifs is 1. The van der Waals surface area contributed by atoms with Gasteiger partial charge in [0.2, 0.25) is 5.91 Å². The number of carbonyl (C=O) groups excluding carboxylic acids is 1. The van der Waals surface area contributed by atoms with Gasteiger partial charge in [0.05, 0.1) is 24.1 Å². The molecule has 1 N–H and O–H groups in total. The highest BCUT2D eigenvalue weighted by molar-refractivity contribution is 7.15. The second-order valence-electron chi connectivity index (χ2n) is 5.53. The third-order valence-corrected chi connectivity index (χ3v) is 4.54. The summed E-state index contributed by atoms with van der Waals surface area (Å²) in [6.45, 7) is 0.266. The highest BCUT2D eigenvalue weighted by atomic mass is 32.1. The van der Waals surface area contributed by atoms with Crippen LogP contribution in [0.3, 0.4) is 0 Å². The molecule has 6 nitrogen and oxygen atoms in total. The third kappa shape index (κ3) is 3.29. The Morgan fingerprint density at radius 2 is 2.24 bits per heavy atom. The average molecular weight is 355 g/mol. The van der Waals surface area contributed by atoms with Crippen LogP contribution in [0.5, 0.6) is 0 Å². The van der Waals surface area contributed by atoms with E-state index in [1.807, 2.05) is 22.2 Å². The van der Waals surface area contributed by atoms with E-state index in [-0.39, 0.29) is 24.7 Å². The van der Waals surface area contributed by atoms with Crippen molar-refractivity contribution < 1.29 is 9.18 Å². The van der Waals surface area contributed by atoms with Gasteiger partial charge in [0.25, 0.3) is 0 Å². The van der Waals surface area contributed by atoms with Crippen molar-refractivity contribution >= 4 is 22.2 Å². The van der Waals surface area contributed by atoms with E-state index in [9.17, 15) is 9.18 Å². The molecule has 0 aliphatic rings. The molecule has 0 aliphatic carbocycles. The molecule has 1 aromatic carbocycles. The fourth-order valence-electron chi connectivity index (χ4n) is 2.56. The van der Waals surface area contributed by atoms with Crippen molar-refractivity contribution in [1.82, 2.24) is 24.3 Å². The maximum atomic E-state index is 14.2. The normalized spacial score (nSPS) is 11.1. The van der Waals surface area contributed by atoms with Crippen LogP contribution >= 0.6 is 11.3 Å². The summed E-state index contributed by atoms with van der Waals surface area (Å²) in [6, 6.07) is 4.87. The first-order valence-corrected chi connectivity index (χ1v) is 8.51. The van der Waals surface area contributed by atoms with E-state index < -0.39 is 0 Å². The quantitative estimate of drug-likeness (QED) is 0.598. The number of halogens is 1. The van der Waals surface area contributed by atoms with Gasteiger partial charge in [-0.25, -0.2) is 14.4 Å². The van der Waals surface area contributed by atoms with Crippen LogP contribution in [0.25, 0.3) is 10.6 Å². The van der Waals surface area contributed by atoms with Crippen LogP contribution < -0.4 is 5.32 Å². The van der Waals surface area contributed by atoms with Gasteiger partial charge in [-0.3, -0.25) is 9.20 Å². The summed E-state index contributed by atoms with van der Waals surface area (Å²) < 4.78 is 17.7. The van der Waals surface area contributed by atoms with Crippen LogP contribution in [0.4, 0.5) is 4.39 Å². The predicted octanol–water partition coefficient (Wildman–Crippen LogP) is 2.58. The van der Waals surface area contributed by atoms with Gasteiger partial charge in [0.15, 0.2) is 4.96 Å². The Morgan fingerprint density at radius 3 is 3.00 bits per heavy atom. The van der Waals surface area contributed by atoms with E-state index in [2.05, 4.69) is 15.3 Å². The number of thiazole rings is 1. The van der Waals surface area contributed by atoms with Crippen molar-refractivity contribution in [2.24, 2.45) is 0 Å². The molecular weight excluding hydrogens is 341 g/mol. The summed E-state index contributed by atoms with van der Waals surface area (Å²) in [5, 5.41) is 4.73. The molecule has 126 valence electrons. The number of benzene rings is 1. The van der Waals surface area contributed by atoms with Crippen LogP contribution in [0.15, 0.2) is 54.7 Å². The lowest BCUT2D eigenvalue weighted by Gasteiger charge is -2.08. The molecular formula is C17H14FN5OS. The third-order valence-electron chi connectivity index (χ3n) is 3.77. The molecule has 1 amide bonds. The minimum Gasteiger partial charge on any atom is -0.352 e. The molecule has 4 rings (SSSR count). The maximum Gasteiger partial charge on any atom is 0.226 e. The Bertz CT molecular complexity index is 992. The molecule has 8 heteroatoms. The second-order valence-corrected chi connectivity index (χ2v) is 6.41. The van der Waals surface area contributed by atoms with E-state index in [4.69, 9.17) is 0 Å². The molecule has 4 aromatic rings. The van der Waals surface area contributed by atoms with E-state index in [1.165, 1.54) is 23.7 Å². The summed E-state index contributed by atoms with van der Waals surface area (Å²) in [5.74, 6) is -0.510. The van der Waals surface area contributed by atoms with Crippen molar-refractivity contribution in [1.29, 1.82) is 0 Å². The summed E-state index contributed by atoms with van der Waals surface area (Å²) in [4.78, 5) is 21.2. The molecule has 3 aromatic heterocycles. The van der Waals surface area contributed by atoms with Gasteiger partial charge in [-0.05, 0) is 17.7 Å². The molecule has 0 aliphatic heterocycles. The average Bonchev–Trinajstić information content (AvgIpc) is 3.30. The van der Waals surface area contributed by atoms with E-state index >= 15 is 0 Å². The van der Waals surface area contributed by atoms with Gasteiger partial charge < -0.3 is 9.88 Å². The number of nitrogens with zero attached hydrogens (tertiary/aromatic N) is 4. The zero-order valence-corrected chi connectivity index (χ0v) is 13.9. The molecule has 0 saturated heterocycles. The number of rotatable bonds is 5. The monoisotopic (exact) mass is 355 g/mol. The van der Waals surface area contributed by atoms with Crippen LogP contribution in [-0.4, -0.2) is 24.8 Å². The smallest absolute Gasteiger partial charge is 0.226 e. The Morgan fingerprint density at radius 1 is 1.32 bits per heavy atom. The number of nitrogens with one attached hydrogen (secondary N) is 1. The summed E-state index contributed by atoms with van der Waals surface area (Å²) >= 11 is 1.52. The first-order valence-electron chi connectivity index (χ1n) is 7.63. The Hall–Kier alpha value is -3.00. The number of aromatic nitrogens is 4. The Kier molecular flexibility index (Phi) is 4.02. The highest BCUT2D eigenvalue weighted by Gasteiger charge is 2.09. The summed E-state index contributed by atoms with van der Waals surface area (Å²) in [5.41, 5.74) is 1.83. The van der Waals surface area contributed by atoms with Gasteiger partial charge in [-0.15, -0.1) is 11.3 Å². The number of carbonyl (C=O) groups is 1. The largest absolute Gasteiger partial charge is 0.352 e. The highest BCUT2D eigenvalue weighted by Crippen LogP contribution is 2.15. The fourth-order valence-corrected chi connectivity index (χ4v) is 3.28. The van der Waals surface area contributed by atoms with Crippen molar-refractivity contribution in [2.45, 2.75) is 13.0 Å². The lowest BCUT2D eigenvalue weighted by molar-refractivity contribution is -0.120. The molecule has 0 bridgehead atoms. The fraction of sp³-hybridized carbons (Fsp3) is 0.118. The standard InChI is InChI=1S/C17H14FN5OS/c18-14-7-12(1-2-15(14)23-4-3-19-11-23)9-20-16(24)8-13-10-22-5-6-25-17(22)21-13/h1-7,10-11H,8-9H2,(H,20,24). The van der Waals surface area contributed by atoms with E-state index in [1.54, 1.807) is 29.1 Å². The molecule has 0 unspecified atom stereocenters. The van der Waals surface area contributed by atoms with Crippen LogP contribution in [0, 0.1) is 5.82 Å². The first-order chi connectivity index (χ1) is 12.2. The molecule has 3 heterocycles. The van der Waals surface area contributed by atoms with Gasteiger partial charge >= 0.3 is 0 Å². The predicted molar refractivity (Wildman–Crippen MR) is 92.1 cm³/mol. The van der Waals surface area contributed by atoms with Crippen LogP contribution in [-0.2, 0) is 17.8 Å². The molecule has 0 saturated carbocycles. The van der Waals surface area contributed by atoms with E-state index in [0.29, 0.717) is 16.9 Å². The first kappa shape index (κ1) is 15.5. The number of amides is 1. The SMILES string of the molecule is O=C(Cc1cn2ccsc2n1)NCc1ccc(-n2ccnc2)c(F)c1. The van der Waals surface area contributed by atoms with Gasteiger partial charge in [-0.1, -0.05) is 6.07 Å². The van der Waals surface area contributed by atoms with Crippen molar-refractivity contribution in [3.63, 3.8) is 0 Å². The Labute approximate surface area is 146 Å². The zero-order chi connectivity index (χ0) is 17.2. The Balaban J connectivity index is 1.38. The number of hydrogen-bond acceptors (Lipinski definition) is 4. The van der Waals surface area contributed by atoms with Gasteiger partial charge in [0, 0.05) is 36.7 Å². The lowest BCUT2D eigenvalue weighted by atomic mass is 10.2. The number of hydrogen-bond donors (Lipinski definition) is 1. The van der Waals surface area contributed by atoms with Gasteiger partial charge in [0.1, 0.15) is 5.82 Å². The molecule has 25 heavy (non-hydrogen) atoms. The summed E-state index contributed by atoms with van der Waals surface area (Å²) in [7, 11) is 0. The van der Waals surface area contributed by atoms with Gasteiger partial charge in [-0.2, -0.15) is 0 Å². The molecule has 0 atom stereocenters. The maximum absolute atomic E-state index is 14.2. The second kappa shape index (κ2) is 6.48. The topological polar surface area (TPSA) is 64.2 Å². The molecule has 0 spiro atoms. The summed E-state index contributed by atoms with van der Waals surface area (Å²) in [6.07, 6.45) is 8.74. The van der Waals surface area contributed by atoms with E-state index in [0.717, 1.165) is 4.96 Å². The zero-order valence-electron chi connectivity index (χ0n) is 13.1. The van der Waals surface area contributed by atoms with Crippen LogP contribution in [0.2, 0.25) is 0 Å². The number of imidazole rings is 2. The molecule has 0 fully saturated rings. The molecule has 0 radical (unpaired) electrons. The van der Waals surface area contributed by atoms with Crippen molar-refractivity contribution in [3.8, 4) is 5.69 Å². The van der Waals surface area contributed by atoms with Crippen molar-refractivity contribution in [2.75, 3.05) is 0 Å². The van der Waals surface area contributed by atoms with Crippen LogP contribution in [0.1, 0.15) is 11.3 Å². The van der Waals surface area contributed by atoms with Crippen molar-refractivity contribution in [3.05, 3.63) is 71.8 Å². The minimum atomic E-state index is -0.362. The minimum absolute atomic E-state index is 0.148.